The van der Waals surface area contributed by atoms with Crippen molar-refractivity contribution in [1.29, 1.82) is 0 Å². The van der Waals surface area contributed by atoms with Crippen LogP contribution >= 0.6 is 47.1 Å². The van der Waals surface area contributed by atoms with Crippen LogP contribution in [-0.4, -0.2) is 71.5 Å². The van der Waals surface area contributed by atoms with Crippen LogP contribution in [0.4, 0.5) is 0 Å². The Hall–Kier alpha value is -0.0600. The molecule has 2 saturated heterocycles. The second-order valence-corrected chi connectivity index (χ2v) is 9.93. The van der Waals surface area contributed by atoms with Crippen molar-refractivity contribution in [3.63, 3.8) is 0 Å². The molecule has 0 bridgehead atoms. The van der Waals surface area contributed by atoms with E-state index in [9.17, 15) is 0 Å². The molecule has 0 amide bonds. The molecule has 0 saturated carbocycles. The maximum absolute atomic E-state index is 4.72. The zero-order valence-electron chi connectivity index (χ0n) is 17.5. The fourth-order valence-electron chi connectivity index (χ4n) is 3.89. The predicted octanol–water partition coefficient (Wildman–Crippen LogP) is 3.94. The molecule has 3 heterocycles. The SMILES string of the molecule is CCc1nc(CN2CCC(CNC(=NC)N3CCSC(CC)C3)CC2)cs1.I. The Morgan fingerprint density at radius 1 is 1.29 bits per heavy atom. The van der Waals surface area contributed by atoms with Gasteiger partial charge in [-0.05, 0) is 44.7 Å². The first-order valence-corrected chi connectivity index (χ1v) is 12.4. The highest BCUT2D eigenvalue weighted by Gasteiger charge is 2.24. The van der Waals surface area contributed by atoms with Gasteiger partial charge in [-0.25, -0.2) is 4.98 Å². The van der Waals surface area contributed by atoms with Gasteiger partial charge in [0.2, 0.25) is 0 Å². The van der Waals surface area contributed by atoms with Crippen LogP contribution in [0.3, 0.4) is 0 Å². The molecule has 160 valence electrons. The van der Waals surface area contributed by atoms with Gasteiger partial charge < -0.3 is 10.2 Å². The Labute approximate surface area is 196 Å². The third-order valence-electron chi connectivity index (χ3n) is 5.65. The van der Waals surface area contributed by atoms with Gasteiger partial charge >= 0.3 is 0 Å². The topological polar surface area (TPSA) is 43.8 Å². The molecule has 1 atom stereocenters. The molecular weight excluding hydrogens is 501 g/mol. The highest BCUT2D eigenvalue weighted by molar-refractivity contribution is 14.0. The molecule has 1 unspecified atom stereocenters. The molecule has 1 N–H and O–H groups in total. The van der Waals surface area contributed by atoms with Crippen LogP contribution in [0, 0.1) is 5.92 Å². The smallest absolute Gasteiger partial charge is 0.193 e. The lowest BCUT2D eigenvalue weighted by atomic mass is 9.97. The number of hydrogen-bond acceptors (Lipinski definition) is 5. The van der Waals surface area contributed by atoms with Crippen LogP contribution in [0.2, 0.25) is 0 Å². The number of halogens is 1. The van der Waals surface area contributed by atoms with E-state index >= 15 is 0 Å². The molecule has 0 aromatic carbocycles. The van der Waals surface area contributed by atoms with Gasteiger partial charge in [-0.1, -0.05) is 13.8 Å². The molecule has 0 aliphatic carbocycles. The van der Waals surface area contributed by atoms with Crippen molar-refractivity contribution < 1.29 is 0 Å². The average Bonchev–Trinajstić information content (AvgIpc) is 3.17. The molecule has 28 heavy (non-hydrogen) atoms. The average molecular weight is 538 g/mol. The van der Waals surface area contributed by atoms with E-state index in [1.807, 2.05) is 7.05 Å². The first kappa shape index (κ1) is 24.2. The van der Waals surface area contributed by atoms with Crippen LogP contribution in [0.5, 0.6) is 0 Å². The zero-order chi connectivity index (χ0) is 19.1. The van der Waals surface area contributed by atoms with Crippen LogP contribution in [0.1, 0.15) is 43.8 Å². The van der Waals surface area contributed by atoms with E-state index < -0.39 is 0 Å². The van der Waals surface area contributed by atoms with E-state index in [-0.39, 0.29) is 24.0 Å². The fourth-order valence-corrected chi connectivity index (χ4v) is 5.80. The molecule has 3 rings (SSSR count). The van der Waals surface area contributed by atoms with Crippen LogP contribution in [0.25, 0.3) is 0 Å². The number of piperidine rings is 1. The summed E-state index contributed by atoms with van der Waals surface area (Å²) in [6, 6.07) is 0. The number of thiazole rings is 1. The van der Waals surface area contributed by atoms with Gasteiger partial charge in [0, 0.05) is 49.6 Å². The van der Waals surface area contributed by atoms with Crippen LogP contribution < -0.4 is 5.32 Å². The Kier molecular flexibility index (Phi) is 10.9. The highest BCUT2D eigenvalue weighted by Crippen LogP contribution is 2.22. The molecular formula is C20H36IN5S2. The Morgan fingerprint density at radius 2 is 2.07 bits per heavy atom. The first-order chi connectivity index (χ1) is 13.2. The summed E-state index contributed by atoms with van der Waals surface area (Å²) in [5.74, 6) is 3.07. The van der Waals surface area contributed by atoms with Gasteiger partial charge in [0.05, 0.1) is 10.7 Å². The number of guanidine groups is 1. The standard InChI is InChI=1S/C20H35N5S2.HI/c1-4-18-14-25(10-11-26-18)20(21-3)22-12-16-6-8-24(9-7-16)13-17-15-27-19(5-2)23-17;/h15-16,18H,4-14H2,1-3H3,(H,21,22);1H. The van der Waals surface area contributed by atoms with Crippen molar-refractivity contribution in [1.82, 2.24) is 20.1 Å². The Bertz CT molecular complexity index is 601. The number of aliphatic imine (C=N–C) groups is 1. The van der Waals surface area contributed by atoms with Crippen molar-refractivity contribution in [3.8, 4) is 0 Å². The van der Waals surface area contributed by atoms with Gasteiger partial charge in [-0.15, -0.1) is 35.3 Å². The largest absolute Gasteiger partial charge is 0.356 e. The lowest BCUT2D eigenvalue weighted by Crippen LogP contribution is -2.49. The maximum atomic E-state index is 4.72. The van der Waals surface area contributed by atoms with Crippen LogP contribution in [0.15, 0.2) is 10.4 Å². The second kappa shape index (κ2) is 12.6. The minimum atomic E-state index is 0. The minimum Gasteiger partial charge on any atom is -0.356 e. The molecule has 1 aromatic heterocycles. The summed E-state index contributed by atoms with van der Waals surface area (Å²) in [7, 11) is 1.92. The number of hydrogen-bond donors (Lipinski definition) is 1. The van der Waals surface area contributed by atoms with Crippen molar-refractivity contribution in [2.45, 2.75) is 51.3 Å². The lowest BCUT2D eigenvalue weighted by Gasteiger charge is -2.36. The number of nitrogens with one attached hydrogen (secondary N) is 1. The maximum Gasteiger partial charge on any atom is 0.193 e. The molecule has 2 fully saturated rings. The monoisotopic (exact) mass is 537 g/mol. The predicted molar refractivity (Wildman–Crippen MR) is 134 cm³/mol. The van der Waals surface area contributed by atoms with E-state index in [0.717, 1.165) is 49.7 Å². The molecule has 5 nitrogen and oxygen atoms in total. The molecule has 0 spiro atoms. The van der Waals surface area contributed by atoms with E-state index in [1.165, 1.54) is 48.8 Å². The fraction of sp³-hybridized carbons (Fsp3) is 0.800. The van der Waals surface area contributed by atoms with Gasteiger partial charge in [-0.2, -0.15) is 11.8 Å². The normalized spacial score (nSPS) is 22.2. The summed E-state index contributed by atoms with van der Waals surface area (Å²) in [6.45, 7) is 11.2. The van der Waals surface area contributed by atoms with Crippen molar-refractivity contribution in [3.05, 3.63) is 16.1 Å². The third-order valence-corrected chi connectivity index (χ3v) is 8.06. The summed E-state index contributed by atoms with van der Waals surface area (Å²) in [4.78, 5) is 14.3. The Balaban J connectivity index is 0.00000280. The Morgan fingerprint density at radius 3 is 2.71 bits per heavy atom. The van der Waals surface area contributed by atoms with Gasteiger partial charge in [0.25, 0.3) is 0 Å². The summed E-state index contributed by atoms with van der Waals surface area (Å²) in [5, 5.41) is 7.91. The number of thioether (sulfide) groups is 1. The third kappa shape index (κ3) is 7.02. The highest BCUT2D eigenvalue weighted by atomic mass is 127. The lowest BCUT2D eigenvalue weighted by molar-refractivity contribution is 0.176. The summed E-state index contributed by atoms with van der Waals surface area (Å²) in [6.07, 6.45) is 4.83. The van der Waals surface area contributed by atoms with E-state index in [1.54, 1.807) is 11.3 Å². The quantitative estimate of drug-likeness (QED) is 0.339. The van der Waals surface area contributed by atoms with Crippen molar-refractivity contribution in [2.75, 3.05) is 45.5 Å². The van der Waals surface area contributed by atoms with Gasteiger partial charge in [0.15, 0.2) is 5.96 Å². The number of nitrogens with zero attached hydrogens (tertiary/aromatic N) is 4. The van der Waals surface area contributed by atoms with Crippen LogP contribution in [-0.2, 0) is 13.0 Å². The van der Waals surface area contributed by atoms with Crippen molar-refractivity contribution >= 4 is 53.0 Å². The van der Waals surface area contributed by atoms with Gasteiger partial charge in [-0.3, -0.25) is 9.89 Å². The second-order valence-electron chi connectivity index (χ2n) is 7.58. The van der Waals surface area contributed by atoms with Gasteiger partial charge in [0.1, 0.15) is 0 Å². The number of aryl methyl sites for hydroxylation is 1. The number of aromatic nitrogens is 1. The minimum absolute atomic E-state index is 0. The zero-order valence-corrected chi connectivity index (χ0v) is 21.5. The van der Waals surface area contributed by atoms with E-state index in [0.29, 0.717) is 0 Å². The summed E-state index contributed by atoms with van der Waals surface area (Å²) >= 11 is 3.91. The molecule has 2 aliphatic rings. The summed E-state index contributed by atoms with van der Waals surface area (Å²) in [5.41, 5.74) is 1.25. The first-order valence-electron chi connectivity index (χ1n) is 10.4. The van der Waals surface area contributed by atoms with E-state index in [2.05, 4.69) is 51.1 Å². The molecule has 0 radical (unpaired) electrons. The summed E-state index contributed by atoms with van der Waals surface area (Å²) < 4.78 is 0. The van der Waals surface area contributed by atoms with Crippen molar-refractivity contribution in [2.24, 2.45) is 10.9 Å². The van der Waals surface area contributed by atoms with E-state index in [4.69, 9.17) is 4.98 Å². The molecule has 2 aliphatic heterocycles. The number of rotatable bonds is 6. The molecule has 8 heteroatoms. The number of likely N-dealkylation sites (tertiary alicyclic amines) is 1. The molecule has 1 aromatic rings.